The second-order valence-electron chi connectivity index (χ2n) is 10.4. The lowest BCUT2D eigenvalue weighted by molar-refractivity contribution is -0.958. The zero-order valence-corrected chi connectivity index (χ0v) is 21.1. The van der Waals surface area contributed by atoms with Crippen LogP contribution in [0, 0.1) is 11.7 Å². The number of ether oxygens (including phenoxy) is 1. The number of anilines is 1. The lowest BCUT2D eigenvalue weighted by atomic mass is 9.83. The van der Waals surface area contributed by atoms with Gasteiger partial charge in [0.1, 0.15) is 30.9 Å². The van der Waals surface area contributed by atoms with E-state index in [-0.39, 0.29) is 17.9 Å². The average Bonchev–Trinajstić information content (AvgIpc) is 3.42. The molecular formula is C31H31FN3O3+. The molecule has 0 radical (unpaired) electrons. The van der Waals surface area contributed by atoms with Gasteiger partial charge in [-0.3, -0.25) is 0 Å². The molecule has 7 heteroatoms. The number of quaternary nitrogens is 1. The van der Waals surface area contributed by atoms with Crippen LogP contribution in [0.2, 0.25) is 0 Å². The molecule has 194 valence electrons. The number of rotatable bonds is 8. The fourth-order valence-corrected chi connectivity index (χ4v) is 5.87. The minimum Gasteiger partial charge on any atom is -0.454 e. The molecule has 1 unspecified atom stereocenters. The van der Waals surface area contributed by atoms with E-state index in [2.05, 4.69) is 5.32 Å². The van der Waals surface area contributed by atoms with Crippen LogP contribution in [0.25, 0.3) is 11.5 Å². The van der Waals surface area contributed by atoms with E-state index in [1.54, 1.807) is 18.4 Å². The third kappa shape index (κ3) is 5.20. The fourth-order valence-electron chi connectivity index (χ4n) is 5.87. The molecule has 38 heavy (non-hydrogen) atoms. The highest BCUT2D eigenvalue weighted by atomic mass is 19.1. The van der Waals surface area contributed by atoms with Gasteiger partial charge in [-0.05, 0) is 42.0 Å². The summed E-state index contributed by atoms with van der Waals surface area (Å²) in [7, 11) is 0. The van der Waals surface area contributed by atoms with E-state index >= 15 is 0 Å². The summed E-state index contributed by atoms with van der Waals surface area (Å²) in [4.78, 5) is 18.3. The van der Waals surface area contributed by atoms with Crippen LogP contribution < -0.4 is 5.32 Å². The van der Waals surface area contributed by atoms with Crippen molar-refractivity contribution < 1.29 is 22.8 Å². The zero-order valence-electron chi connectivity index (χ0n) is 21.1. The molecule has 1 aromatic heterocycles. The van der Waals surface area contributed by atoms with Gasteiger partial charge in [0.25, 0.3) is 0 Å². The summed E-state index contributed by atoms with van der Waals surface area (Å²) in [6, 6.07) is 24.7. The molecule has 7 rings (SSSR count). The van der Waals surface area contributed by atoms with Crippen molar-refractivity contribution in [3.63, 3.8) is 0 Å². The third-order valence-corrected chi connectivity index (χ3v) is 7.90. The molecule has 0 saturated carbocycles. The van der Waals surface area contributed by atoms with Gasteiger partial charge >= 0.3 is 5.97 Å². The SMILES string of the molecule is O=C(O[C@H]1C[N+]2(Cc3coc(-c4ccccc4)n3)CCC1CC2)C(Nc1ccccc1)c1ccc(F)cc1. The van der Waals surface area contributed by atoms with Crippen molar-refractivity contribution in [3.05, 3.63) is 108 Å². The van der Waals surface area contributed by atoms with Gasteiger partial charge < -0.3 is 19.0 Å². The first-order chi connectivity index (χ1) is 18.6. The number of aromatic nitrogens is 1. The number of piperidine rings is 3. The van der Waals surface area contributed by atoms with Crippen molar-refractivity contribution in [2.24, 2.45) is 5.92 Å². The van der Waals surface area contributed by atoms with E-state index in [9.17, 15) is 9.18 Å². The summed E-state index contributed by atoms with van der Waals surface area (Å²) < 4.78 is 26.5. The summed E-state index contributed by atoms with van der Waals surface area (Å²) in [6.45, 7) is 3.58. The Labute approximate surface area is 221 Å². The molecule has 6 nitrogen and oxygen atoms in total. The fraction of sp³-hybridized carbons (Fsp3) is 0.290. The number of para-hydroxylation sites is 1. The number of hydrogen-bond acceptors (Lipinski definition) is 5. The molecule has 3 saturated heterocycles. The van der Waals surface area contributed by atoms with Crippen LogP contribution in [0.1, 0.15) is 30.1 Å². The quantitative estimate of drug-likeness (QED) is 0.232. The third-order valence-electron chi connectivity index (χ3n) is 7.90. The summed E-state index contributed by atoms with van der Waals surface area (Å²) in [5.41, 5.74) is 3.35. The van der Waals surface area contributed by atoms with Gasteiger partial charge in [-0.15, -0.1) is 0 Å². The molecule has 3 aromatic carbocycles. The smallest absolute Gasteiger partial charge is 0.333 e. The Kier molecular flexibility index (Phi) is 6.68. The second kappa shape index (κ2) is 10.4. The van der Waals surface area contributed by atoms with E-state index < -0.39 is 6.04 Å². The Morgan fingerprint density at radius 1 is 1.00 bits per heavy atom. The highest BCUT2D eigenvalue weighted by Crippen LogP contribution is 2.38. The van der Waals surface area contributed by atoms with Crippen LogP contribution in [0.3, 0.4) is 0 Å². The van der Waals surface area contributed by atoms with Crippen molar-refractivity contribution >= 4 is 11.7 Å². The highest BCUT2D eigenvalue weighted by Gasteiger charge is 2.48. The molecule has 3 aliphatic rings. The maximum atomic E-state index is 13.6. The number of halogens is 1. The number of fused-ring (bicyclic) bond motifs is 3. The Balaban J connectivity index is 1.18. The number of carbonyl (C=O) groups excluding carboxylic acids is 1. The molecule has 4 aromatic rings. The minimum absolute atomic E-state index is 0.175. The van der Waals surface area contributed by atoms with Crippen LogP contribution in [0.4, 0.5) is 10.1 Å². The van der Waals surface area contributed by atoms with Crippen molar-refractivity contribution in [1.82, 2.24) is 4.98 Å². The van der Waals surface area contributed by atoms with E-state index in [0.29, 0.717) is 17.4 Å². The first kappa shape index (κ1) is 24.4. The molecule has 2 bridgehead atoms. The number of carbonyl (C=O) groups is 1. The van der Waals surface area contributed by atoms with Gasteiger partial charge in [0.2, 0.25) is 5.89 Å². The van der Waals surface area contributed by atoms with E-state index in [1.165, 1.54) is 12.1 Å². The monoisotopic (exact) mass is 512 g/mol. The summed E-state index contributed by atoms with van der Waals surface area (Å²) in [5, 5.41) is 3.29. The van der Waals surface area contributed by atoms with Crippen LogP contribution in [-0.4, -0.2) is 41.2 Å². The molecule has 3 fully saturated rings. The van der Waals surface area contributed by atoms with E-state index in [1.807, 2.05) is 60.7 Å². The second-order valence-corrected chi connectivity index (χ2v) is 10.4. The van der Waals surface area contributed by atoms with Crippen molar-refractivity contribution in [1.29, 1.82) is 0 Å². The predicted octanol–water partition coefficient (Wildman–Crippen LogP) is 5.99. The van der Waals surface area contributed by atoms with Gasteiger partial charge in [0.15, 0.2) is 12.1 Å². The molecular weight excluding hydrogens is 481 g/mol. The summed E-state index contributed by atoms with van der Waals surface area (Å²) in [5.74, 6) is 0.294. The summed E-state index contributed by atoms with van der Waals surface area (Å²) in [6.07, 6.45) is 3.60. The van der Waals surface area contributed by atoms with Crippen molar-refractivity contribution in [2.75, 3.05) is 25.0 Å². The predicted molar refractivity (Wildman–Crippen MR) is 142 cm³/mol. The number of oxazole rings is 1. The number of esters is 1. The van der Waals surface area contributed by atoms with E-state index in [0.717, 1.165) is 60.4 Å². The largest absolute Gasteiger partial charge is 0.454 e. The standard InChI is InChI=1S/C31H31FN3O3/c32-25-13-11-23(12-14-25)29(33-26-9-5-2-6-10-26)31(36)38-28-20-35(17-15-22(28)16-18-35)19-27-21-37-30(34-27)24-7-3-1-4-8-24/h1-14,21-22,28-29,33H,15-20H2/q+1/t22?,28-,29?,35?/m0/s1. The molecule has 2 atom stereocenters. The van der Waals surface area contributed by atoms with Crippen LogP contribution in [-0.2, 0) is 16.1 Å². The zero-order chi connectivity index (χ0) is 26.0. The lowest BCUT2D eigenvalue weighted by Crippen LogP contribution is -2.64. The van der Waals surface area contributed by atoms with Crippen LogP contribution in [0.15, 0.2) is 95.6 Å². The average molecular weight is 513 g/mol. The first-order valence-corrected chi connectivity index (χ1v) is 13.2. The Morgan fingerprint density at radius 2 is 1.68 bits per heavy atom. The lowest BCUT2D eigenvalue weighted by Gasteiger charge is -2.51. The molecule has 4 heterocycles. The van der Waals surface area contributed by atoms with E-state index in [4.69, 9.17) is 14.1 Å². The molecule has 0 spiro atoms. The van der Waals surface area contributed by atoms with Crippen molar-refractivity contribution in [2.45, 2.75) is 31.5 Å². The molecule has 3 aliphatic heterocycles. The number of nitrogens with zero attached hydrogens (tertiary/aromatic N) is 2. The van der Waals surface area contributed by atoms with Crippen LogP contribution >= 0.6 is 0 Å². The number of nitrogens with one attached hydrogen (secondary N) is 1. The van der Waals surface area contributed by atoms with Gasteiger partial charge in [0, 0.05) is 30.0 Å². The highest BCUT2D eigenvalue weighted by molar-refractivity contribution is 5.81. The topological polar surface area (TPSA) is 64.4 Å². The van der Waals surface area contributed by atoms with Crippen molar-refractivity contribution in [3.8, 4) is 11.5 Å². The number of benzene rings is 3. The molecule has 0 amide bonds. The Morgan fingerprint density at radius 3 is 2.39 bits per heavy atom. The number of hydrogen-bond donors (Lipinski definition) is 1. The maximum Gasteiger partial charge on any atom is 0.333 e. The summed E-state index contributed by atoms with van der Waals surface area (Å²) >= 11 is 0. The van der Waals surface area contributed by atoms with Gasteiger partial charge in [-0.2, -0.15) is 0 Å². The van der Waals surface area contributed by atoms with Gasteiger partial charge in [-0.1, -0.05) is 48.5 Å². The van der Waals surface area contributed by atoms with Gasteiger partial charge in [-0.25, -0.2) is 14.2 Å². The van der Waals surface area contributed by atoms with Crippen LogP contribution in [0.5, 0.6) is 0 Å². The first-order valence-electron chi connectivity index (χ1n) is 13.2. The normalized spacial score (nSPS) is 23.1. The molecule has 1 N–H and O–H groups in total. The Bertz CT molecular complexity index is 1370. The molecule has 0 aliphatic carbocycles. The van der Waals surface area contributed by atoms with Gasteiger partial charge in [0.05, 0.1) is 13.1 Å². The minimum atomic E-state index is -0.731. The maximum absolute atomic E-state index is 13.6. The Hall–Kier alpha value is -3.97.